The first-order valence-electron chi connectivity index (χ1n) is 13.3. The lowest BCUT2D eigenvalue weighted by Gasteiger charge is -2.25. The molecule has 2 aliphatic rings. The lowest BCUT2D eigenvalue weighted by atomic mass is 9.91. The zero-order chi connectivity index (χ0) is 25.8. The van der Waals surface area contributed by atoms with E-state index in [2.05, 4.69) is 131 Å². The van der Waals surface area contributed by atoms with Crippen LogP contribution < -0.4 is 9.64 Å². The third kappa shape index (κ3) is 3.42. The highest BCUT2D eigenvalue weighted by Crippen LogP contribution is 2.50. The number of hydrogen-bond donors (Lipinski definition) is 0. The molecule has 0 spiro atoms. The van der Waals surface area contributed by atoms with Crippen LogP contribution in [-0.2, 0) is 0 Å². The summed E-state index contributed by atoms with van der Waals surface area (Å²) in [5.74, 6) is 1.74. The molecule has 2 atom stereocenters. The molecular formula is C35H25N3O. The molecule has 0 fully saturated rings. The predicted molar refractivity (Wildman–Crippen MR) is 159 cm³/mol. The average Bonchev–Trinajstić information content (AvgIpc) is 3.54. The Bertz CT molecular complexity index is 1810. The standard InChI is InChI=1S/C35H25N3O/c1-3-11-24(12-4-1)37(25-13-5-2-6-14-25)35-34-29(21-22-36-35)30-23-26(19-20-33(30)39-34)38-31-17-9-7-15-27(31)28-16-8-10-18-32(28)38/h1-23,30,33H. The first-order valence-corrected chi connectivity index (χ1v) is 13.3. The van der Waals surface area contributed by atoms with Crippen LogP contribution in [0.1, 0.15) is 11.5 Å². The molecule has 1 aliphatic heterocycles. The molecular weight excluding hydrogens is 478 g/mol. The van der Waals surface area contributed by atoms with Crippen LogP contribution in [0.5, 0.6) is 5.75 Å². The molecule has 2 aromatic heterocycles. The van der Waals surface area contributed by atoms with Gasteiger partial charge in [-0.2, -0.15) is 0 Å². The van der Waals surface area contributed by atoms with Gasteiger partial charge in [0.1, 0.15) is 6.10 Å². The number of para-hydroxylation sites is 4. The zero-order valence-corrected chi connectivity index (χ0v) is 21.2. The summed E-state index contributed by atoms with van der Waals surface area (Å²) in [5.41, 5.74) is 6.82. The second-order valence-corrected chi connectivity index (χ2v) is 9.99. The summed E-state index contributed by atoms with van der Waals surface area (Å²) in [4.78, 5) is 7.04. The molecule has 186 valence electrons. The Morgan fingerprint density at radius 1 is 0.667 bits per heavy atom. The number of aromatic nitrogens is 2. The number of allylic oxidation sites excluding steroid dienone is 2. The minimum atomic E-state index is -0.0758. The van der Waals surface area contributed by atoms with E-state index in [1.807, 2.05) is 18.3 Å². The van der Waals surface area contributed by atoms with Crippen LogP contribution in [-0.4, -0.2) is 15.7 Å². The Hall–Kier alpha value is -5.09. The molecule has 6 aromatic rings. The topological polar surface area (TPSA) is 30.3 Å². The lowest BCUT2D eigenvalue weighted by Crippen LogP contribution is -2.18. The molecule has 0 radical (unpaired) electrons. The highest BCUT2D eigenvalue weighted by Gasteiger charge is 2.37. The van der Waals surface area contributed by atoms with Gasteiger partial charge in [-0.05, 0) is 60.7 Å². The molecule has 1 aliphatic carbocycles. The molecule has 39 heavy (non-hydrogen) atoms. The van der Waals surface area contributed by atoms with E-state index in [1.54, 1.807) is 0 Å². The van der Waals surface area contributed by atoms with E-state index in [9.17, 15) is 0 Å². The van der Waals surface area contributed by atoms with E-state index < -0.39 is 0 Å². The van der Waals surface area contributed by atoms with Crippen molar-refractivity contribution in [1.82, 2.24) is 9.55 Å². The van der Waals surface area contributed by atoms with Crippen molar-refractivity contribution < 1.29 is 4.74 Å². The number of rotatable bonds is 4. The maximum atomic E-state index is 6.66. The van der Waals surface area contributed by atoms with Gasteiger partial charge in [0.2, 0.25) is 0 Å². The maximum absolute atomic E-state index is 6.66. The summed E-state index contributed by atoms with van der Waals surface area (Å²) >= 11 is 0. The van der Waals surface area contributed by atoms with Crippen molar-refractivity contribution in [2.45, 2.75) is 12.0 Å². The van der Waals surface area contributed by atoms with E-state index in [0.717, 1.165) is 34.2 Å². The van der Waals surface area contributed by atoms with Crippen LogP contribution in [0.4, 0.5) is 17.2 Å². The Balaban J connectivity index is 1.28. The van der Waals surface area contributed by atoms with Gasteiger partial charge in [0.25, 0.3) is 0 Å². The number of anilines is 3. The molecule has 0 N–H and O–H groups in total. The van der Waals surface area contributed by atoms with Gasteiger partial charge in [0.15, 0.2) is 11.6 Å². The fraction of sp³-hybridized carbons (Fsp3) is 0.0571. The summed E-state index contributed by atoms with van der Waals surface area (Å²) in [5, 5.41) is 2.53. The number of hydrogen-bond acceptors (Lipinski definition) is 3. The summed E-state index contributed by atoms with van der Waals surface area (Å²) in [6, 6.07) is 40.1. The Morgan fingerprint density at radius 3 is 1.90 bits per heavy atom. The number of nitrogens with zero attached hydrogens (tertiary/aromatic N) is 3. The van der Waals surface area contributed by atoms with Crippen molar-refractivity contribution in [2.24, 2.45) is 0 Å². The summed E-state index contributed by atoms with van der Waals surface area (Å²) in [6.45, 7) is 0. The van der Waals surface area contributed by atoms with E-state index in [-0.39, 0.29) is 12.0 Å². The number of ether oxygens (including phenoxy) is 1. The van der Waals surface area contributed by atoms with Gasteiger partial charge < -0.3 is 9.30 Å². The number of pyridine rings is 1. The van der Waals surface area contributed by atoms with Gasteiger partial charge in [-0.3, -0.25) is 4.90 Å². The first kappa shape index (κ1) is 21.9. The highest BCUT2D eigenvalue weighted by atomic mass is 16.5. The molecule has 0 saturated carbocycles. The van der Waals surface area contributed by atoms with Gasteiger partial charge in [0, 0.05) is 45.5 Å². The third-order valence-corrected chi connectivity index (χ3v) is 7.77. The van der Waals surface area contributed by atoms with Crippen LogP contribution in [0.3, 0.4) is 0 Å². The molecule has 8 rings (SSSR count). The highest BCUT2D eigenvalue weighted by molar-refractivity contribution is 6.10. The van der Waals surface area contributed by atoms with Crippen molar-refractivity contribution in [3.05, 3.63) is 145 Å². The third-order valence-electron chi connectivity index (χ3n) is 7.77. The fourth-order valence-electron chi connectivity index (χ4n) is 6.05. The van der Waals surface area contributed by atoms with Crippen LogP contribution in [0.15, 0.2) is 140 Å². The van der Waals surface area contributed by atoms with E-state index in [0.29, 0.717) is 0 Å². The van der Waals surface area contributed by atoms with Crippen molar-refractivity contribution in [2.75, 3.05) is 4.90 Å². The Kier molecular flexibility index (Phi) is 4.92. The number of benzene rings is 4. The van der Waals surface area contributed by atoms with Gasteiger partial charge in [-0.15, -0.1) is 0 Å². The van der Waals surface area contributed by atoms with E-state index in [4.69, 9.17) is 9.72 Å². The molecule has 2 unspecified atom stereocenters. The normalized spacial score (nSPS) is 17.5. The van der Waals surface area contributed by atoms with Crippen molar-refractivity contribution in [1.29, 1.82) is 0 Å². The molecule has 0 amide bonds. The monoisotopic (exact) mass is 503 g/mol. The summed E-state index contributed by atoms with van der Waals surface area (Å²) < 4.78 is 9.03. The molecule has 4 nitrogen and oxygen atoms in total. The lowest BCUT2D eigenvalue weighted by molar-refractivity contribution is 0.269. The molecule has 4 aromatic carbocycles. The van der Waals surface area contributed by atoms with Crippen LogP contribution in [0, 0.1) is 0 Å². The quantitative estimate of drug-likeness (QED) is 0.241. The number of fused-ring (bicyclic) bond motifs is 6. The minimum Gasteiger partial charge on any atom is -0.481 e. The van der Waals surface area contributed by atoms with Gasteiger partial charge in [0.05, 0.1) is 11.0 Å². The maximum Gasteiger partial charge on any atom is 0.180 e. The summed E-state index contributed by atoms with van der Waals surface area (Å²) in [6.07, 6.45) is 8.58. The van der Waals surface area contributed by atoms with Crippen molar-refractivity contribution >= 4 is 44.7 Å². The van der Waals surface area contributed by atoms with Crippen LogP contribution >= 0.6 is 0 Å². The zero-order valence-electron chi connectivity index (χ0n) is 21.2. The fourth-order valence-corrected chi connectivity index (χ4v) is 6.05. The van der Waals surface area contributed by atoms with Crippen LogP contribution in [0.2, 0.25) is 0 Å². The van der Waals surface area contributed by atoms with Gasteiger partial charge >= 0.3 is 0 Å². The predicted octanol–water partition coefficient (Wildman–Crippen LogP) is 8.61. The molecule has 4 heteroatoms. The Morgan fingerprint density at radius 2 is 1.26 bits per heavy atom. The second kappa shape index (κ2) is 8.74. The largest absolute Gasteiger partial charge is 0.481 e. The SMILES string of the molecule is C1=CC2Oc3c(ccnc3N(c3ccccc3)c3ccccc3)C2C=C1n1c2ccccc2c2ccccc21. The average molecular weight is 504 g/mol. The smallest absolute Gasteiger partial charge is 0.180 e. The van der Waals surface area contributed by atoms with E-state index >= 15 is 0 Å². The minimum absolute atomic E-state index is 0.0758. The van der Waals surface area contributed by atoms with Crippen LogP contribution in [0.25, 0.3) is 27.5 Å². The van der Waals surface area contributed by atoms with Crippen molar-refractivity contribution in [3.8, 4) is 5.75 Å². The summed E-state index contributed by atoms with van der Waals surface area (Å²) in [7, 11) is 0. The van der Waals surface area contributed by atoms with Gasteiger partial charge in [-0.25, -0.2) is 4.98 Å². The van der Waals surface area contributed by atoms with Gasteiger partial charge in [-0.1, -0.05) is 72.8 Å². The van der Waals surface area contributed by atoms with Crippen molar-refractivity contribution in [3.63, 3.8) is 0 Å². The molecule has 3 heterocycles. The first-order chi connectivity index (χ1) is 19.4. The molecule has 0 saturated heterocycles. The molecule has 0 bridgehead atoms. The van der Waals surface area contributed by atoms with E-state index in [1.165, 1.54) is 21.8 Å². The Labute approximate surface area is 226 Å². The second-order valence-electron chi connectivity index (χ2n) is 9.99.